The number of nitrogens with zero attached hydrogens (tertiary/aromatic N) is 3. The Hall–Kier alpha value is -2.96. The van der Waals surface area contributed by atoms with E-state index in [4.69, 9.17) is 14.8 Å². The van der Waals surface area contributed by atoms with Crippen molar-refractivity contribution < 1.29 is 9.53 Å². The molecule has 2 aromatic heterocycles. The van der Waals surface area contributed by atoms with Crippen LogP contribution in [0.4, 0.5) is 16.0 Å². The van der Waals surface area contributed by atoms with E-state index in [1.54, 1.807) is 23.5 Å². The van der Waals surface area contributed by atoms with E-state index in [0.717, 1.165) is 38.5 Å². The number of hydrogen-bond donors (Lipinski definition) is 2. The average Bonchev–Trinajstić information content (AvgIpc) is 3.29. The summed E-state index contributed by atoms with van der Waals surface area (Å²) in [5.41, 5.74) is 3.14. The monoisotopic (exact) mass is 429 g/mol. The van der Waals surface area contributed by atoms with Crippen molar-refractivity contribution in [3.8, 4) is 22.4 Å². The maximum Gasteiger partial charge on any atom is 0.187 e. The third-order valence-corrected chi connectivity index (χ3v) is 5.42. The third-order valence-electron chi connectivity index (χ3n) is 3.46. The van der Waals surface area contributed by atoms with Gasteiger partial charge in [0.25, 0.3) is 0 Å². The van der Waals surface area contributed by atoms with Crippen molar-refractivity contribution in [1.82, 2.24) is 9.97 Å². The number of carbonyl (C=O) groups excluding carboxylic acids is 1. The summed E-state index contributed by atoms with van der Waals surface area (Å²) in [5, 5.41) is 19.1. The standard InChI is InChI=1S/C18H19N5OS2.C2H4O/c1-10(2)24-15-6-5-12(8-19)7-13(15)22-18-23-14(9-25-18)16-11(3)21-17(20-4)26-16;1-2-3/h5-7,9-10H,1-4H3,(H,20,21)(H,22,23);2H,1H3. The molecule has 3 rings (SSSR count). The number of rotatable bonds is 6. The number of ether oxygens (including phenoxy) is 1. The average molecular weight is 430 g/mol. The van der Waals surface area contributed by atoms with Gasteiger partial charge in [-0.2, -0.15) is 5.26 Å². The van der Waals surface area contributed by atoms with E-state index in [1.807, 2.05) is 39.3 Å². The van der Waals surface area contributed by atoms with Crippen LogP contribution in [0.15, 0.2) is 23.6 Å². The molecule has 0 bridgehead atoms. The molecule has 7 nitrogen and oxygen atoms in total. The van der Waals surface area contributed by atoms with Crippen LogP contribution in [0, 0.1) is 18.3 Å². The Balaban J connectivity index is 0.000000941. The van der Waals surface area contributed by atoms with E-state index in [-0.39, 0.29) is 6.10 Å². The van der Waals surface area contributed by atoms with Gasteiger partial charge in [-0.15, -0.1) is 11.3 Å². The first-order valence-electron chi connectivity index (χ1n) is 8.90. The molecule has 29 heavy (non-hydrogen) atoms. The Morgan fingerprint density at radius 1 is 1.28 bits per heavy atom. The second-order valence-electron chi connectivity index (χ2n) is 6.07. The summed E-state index contributed by atoms with van der Waals surface area (Å²) in [7, 11) is 1.86. The van der Waals surface area contributed by atoms with Crippen molar-refractivity contribution in [2.45, 2.75) is 33.8 Å². The second-order valence-corrected chi connectivity index (χ2v) is 7.93. The predicted molar refractivity (Wildman–Crippen MR) is 119 cm³/mol. The summed E-state index contributed by atoms with van der Waals surface area (Å²) in [6.07, 6.45) is 0.787. The lowest BCUT2D eigenvalue weighted by molar-refractivity contribution is -0.106. The van der Waals surface area contributed by atoms with Crippen LogP contribution in [-0.2, 0) is 4.79 Å². The fraction of sp³-hybridized carbons (Fsp3) is 0.300. The number of carbonyl (C=O) groups is 1. The lowest BCUT2D eigenvalue weighted by Crippen LogP contribution is -2.07. The summed E-state index contributed by atoms with van der Waals surface area (Å²) >= 11 is 3.08. The van der Waals surface area contributed by atoms with E-state index >= 15 is 0 Å². The van der Waals surface area contributed by atoms with Crippen LogP contribution in [-0.4, -0.2) is 29.4 Å². The van der Waals surface area contributed by atoms with Crippen molar-refractivity contribution in [2.75, 3.05) is 17.7 Å². The number of thiazole rings is 2. The number of nitrogens with one attached hydrogen (secondary N) is 2. The maximum atomic E-state index is 9.17. The molecule has 0 aliphatic rings. The molecule has 0 saturated carbocycles. The van der Waals surface area contributed by atoms with Crippen molar-refractivity contribution >= 4 is 44.9 Å². The van der Waals surface area contributed by atoms with Gasteiger partial charge in [0.2, 0.25) is 0 Å². The molecule has 0 amide bonds. The summed E-state index contributed by atoms with van der Waals surface area (Å²) in [6.45, 7) is 7.36. The lowest BCUT2D eigenvalue weighted by Gasteiger charge is -2.14. The number of aromatic nitrogens is 2. The number of aryl methyl sites for hydroxylation is 1. The van der Waals surface area contributed by atoms with Crippen molar-refractivity contribution in [3.63, 3.8) is 0 Å². The molecule has 2 heterocycles. The smallest absolute Gasteiger partial charge is 0.187 e. The van der Waals surface area contributed by atoms with E-state index < -0.39 is 0 Å². The molecule has 0 radical (unpaired) electrons. The maximum absolute atomic E-state index is 9.17. The van der Waals surface area contributed by atoms with Crippen molar-refractivity contribution in [1.29, 1.82) is 5.26 Å². The first-order chi connectivity index (χ1) is 13.9. The molecule has 0 fully saturated rings. The highest BCUT2D eigenvalue weighted by atomic mass is 32.1. The Bertz CT molecular complexity index is 1000. The third kappa shape index (κ3) is 6.01. The summed E-state index contributed by atoms with van der Waals surface area (Å²) in [4.78, 5) is 19.0. The first-order valence-corrected chi connectivity index (χ1v) is 10.6. The van der Waals surface area contributed by atoms with Gasteiger partial charge in [-0.25, -0.2) is 9.97 Å². The van der Waals surface area contributed by atoms with E-state index in [2.05, 4.69) is 26.7 Å². The minimum atomic E-state index is 0.0372. The topological polar surface area (TPSA) is 99.9 Å². The highest BCUT2D eigenvalue weighted by Crippen LogP contribution is 2.36. The number of aldehydes is 1. The van der Waals surface area contributed by atoms with E-state index in [1.165, 1.54) is 18.3 Å². The molecular weight excluding hydrogens is 406 g/mol. The fourth-order valence-corrected chi connectivity index (χ4v) is 4.01. The van der Waals surface area contributed by atoms with Crippen LogP contribution >= 0.6 is 22.7 Å². The van der Waals surface area contributed by atoms with Gasteiger partial charge in [0.05, 0.1) is 39.7 Å². The molecule has 0 spiro atoms. The highest BCUT2D eigenvalue weighted by molar-refractivity contribution is 7.19. The largest absolute Gasteiger partial charge is 0.489 e. The van der Waals surface area contributed by atoms with Crippen molar-refractivity contribution in [2.24, 2.45) is 0 Å². The lowest BCUT2D eigenvalue weighted by atomic mass is 10.2. The van der Waals surface area contributed by atoms with Crippen LogP contribution in [0.3, 0.4) is 0 Å². The molecule has 0 unspecified atom stereocenters. The summed E-state index contributed by atoms with van der Waals surface area (Å²) in [6, 6.07) is 7.48. The predicted octanol–water partition coefficient (Wildman–Crippen LogP) is 5.22. The van der Waals surface area contributed by atoms with Crippen LogP contribution in [0.1, 0.15) is 32.0 Å². The van der Waals surface area contributed by atoms with Gasteiger partial charge in [0.15, 0.2) is 10.3 Å². The number of nitriles is 1. The molecule has 2 N–H and O–H groups in total. The SMILES string of the molecule is CC=O.CNc1nc(C)c(-c2csc(Nc3cc(C#N)ccc3OC(C)C)n2)s1. The van der Waals surface area contributed by atoms with Crippen LogP contribution < -0.4 is 15.4 Å². The zero-order valence-corrected chi connectivity index (χ0v) is 18.6. The Labute approximate surface area is 178 Å². The molecule has 0 saturated heterocycles. The molecule has 9 heteroatoms. The second kappa shape index (κ2) is 10.5. The Morgan fingerprint density at radius 2 is 2.00 bits per heavy atom. The zero-order chi connectivity index (χ0) is 21.4. The number of anilines is 3. The van der Waals surface area contributed by atoms with Crippen LogP contribution in [0.2, 0.25) is 0 Å². The molecule has 3 aromatic rings. The number of hydrogen-bond acceptors (Lipinski definition) is 9. The molecule has 0 aliphatic heterocycles. The molecule has 152 valence electrons. The van der Waals surface area contributed by atoms with Gasteiger partial charge >= 0.3 is 0 Å². The first kappa shape index (κ1) is 22.3. The summed E-state index contributed by atoms with van der Waals surface area (Å²) < 4.78 is 5.83. The van der Waals surface area contributed by atoms with Crippen LogP contribution in [0.5, 0.6) is 5.75 Å². The normalized spacial score (nSPS) is 9.97. The minimum absolute atomic E-state index is 0.0372. The summed E-state index contributed by atoms with van der Waals surface area (Å²) in [5.74, 6) is 0.696. The minimum Gasteiger partial charge on any atom is -0.489 e. The fourth-order valence-electron chi connectivity index (χ4n) is 2.35. The zero-order valence-electron chi connectivity index (χ0n) is 16.9. The van der Waals surface area contributed by atoms with Gasteiger partial charge in [0.1, 0.15) is 12.0 Å². The van der Waals surface area contributed by atoms with Gasteiger partial charge in [0, 0.05) is 12.4 Å². The Kier molecular flexibility index (Phi) is 8.12. The quantitative estimate of drug-likeness (QED) is 0.518. The molecule has 1 aromatic carbocycles. The highest BCUT2D eigenvalue weighted by Gasteiger charge is 2.14. The van der Waals surface area contributed by atoms with E-state index in [0.29, 0.717) is 11.3 Å². The molecule has 0 atom stereocenters. The number of benzene rings is 1. The molecular formula is C20H23N5O2S2. The van der Waals surface area contributed by atoms with Gasteiger partial charge < -0.3 is 20.2 Å². The van der Waals surface area contributed by atoms with E-state index in [9.17, 15) is 0 Å². The van der Waals surface area contributed by atoms with Crippen molar-refractivity contribution in [3.05, 3.63) is 34.8 Å². The Morgan fingerprint density at radius 3 is 2.59 bits per heavy atom. The van der Waals surface area contributed by atoms with Gasteiger partial charge in [-0.05, 0) is 45.9 Å². The molecule has 0 aliphatic carbocycles. The van der Waals surface area contributed by atoms with Crippen LogP contribution in [0.25, 0.3) is 10.6 Å². The van der Waals surface area contributed by atoms with Gasteiger partial charge in [-0.3, -0.25) is 0 Å². The van der Waals surface area contributed by atoms with Gasteiger partial charge in [-0.1, -0.05) is 11.3 Å².